The molecule has 0 aliphatic rings. The van der Waals surface area contributed by atoms with Gasteiger partial charge in [-0.2, -0.15) is 0 Å². The lowest BCUT2D eigenvalue weighted by molar-refractivity contribution is 0.177. The molecule has 1 rings (SSSR count). The topological polar surface area (TPSA) is 98.5 Å². The number of ether oxygens (including phenoxy) is 1. The quantitative estimate of drug-likeness (QED) is 0.776. The summed E-state index contributed by atoms with van der Waals surface area (Å²) in [4.78, 5) is 10.6. The second-order valence-corrected chi connectivity index (χ2v) is 4.87. The van der Waals surface area contributed by atoms with E-state index in [1.165, 1.54) is 12.1 Å². The highest BCUT2D eigenvalue weighted by Crippen LogP contribution is 2.22. The maximum Gasteiger partial charge on any atom is 0.420 e. The highest BCUT2D eigenvalue weighted by atomic mass is 35.5. The van der Waals surface area contributed by atoms with E-state index < -0.39 is 16.1 Å². The summed E-state index contributed by atoms with van der Waals surface area (Å²) in [7, 11) is -2.92. The van der Waals surface area contributed by atoms with E-state index >= 15 is 0 Å². The van der Waals surface area contributed by atoms with Gasteiger partial charge in [-0.25, -0.2) is 17.9 Å². The summed E-state index contributed by atoms with van der Waals surface area (Å²) in [6.45, 7) is 0. The van der Waals surface area contributed by atoms with Gasteiger partial charge >= 0.3 is 6.09 Å². The molecule has 0 aliphatic carbocycles. The number of amides is 1. The number of nitrogens with two attached hydrogens (primary N) is 1. The smallest absolute Gasteiger partial charge is 0.420 e. The van der Waals surface area contributed by atoms with Crippen LogP contribution in [0.3, 0.4) is 0 Å². The fourth-order valence-corrected chi connectivity index (χ4v) is 2.07. The molecule has 8 heteroatoms. The second kappa shape index (κ2) is 4.58. The maximum atomic E-state index is 11.6. The minimum Gasteiger partial charge on any atom is -0.452 e. The number of nitrogens with one attached hydrogen (secondary N) is 1. The first-order valence-electron chi connectivity index (χ1n) is 4.02. The lowest BCUT2D eigenvalue weighted by Crippen LogP contribution is -2.30. The van der Waals surface area contributed by atoms with E-state index in [0.717, 1.165) is 13.2 Å². The number of benzene rings is 1. The monoisotopic (exact) mass is 264 g/mol. The van der Waals surface area contributed by atoms with Crippen molar-refractivity contribution in [2.24, 2.45) is 0 Å². The number of rotatable bonds is 2. The Morgan fingerprint density at radius 2 is 2.12 bits per heavy atom. The molecular formula is C8H9ClN2O4S. The van der Waals surface area contributed by atoms with Crippen molar-refractivity contribution in [2.75, 3.05) is 12.8 Å². The highest BCUT2D eigenvalue weighted by molar-refractivity contribution is 7.90. The van der Waals surface area contributed by atoms with Crippen LogP contribution in [0.1, 0.15) is 0 Å². The molecule has 0 atom stereocenters. The van der Waals surface area contributed by atoms with Gasteiger partial charge in [-0.3, -0.25) is 0 Å². The van der Waals surface area contributed by atoms with E-state index in [1.807, 2.05) is 0 Å². The highest BCUT2D eigenvalue weighted by Gasteiger charge is 2.18. The third kappa shape index (κ3) is 2.77. The molecule has 0 spiro atoms. The number of sulfonamides is 1. The third-order valence-electron chi connectivity index (χ3n) is 1.69. The molecule has 3 N–H and O–H groups in total. The molecule has 0 radical (unpaired) electrons. The molecule has 1 aromatic rings. The van der Waals surface area contributed by atoms with E-state index in [-0.39, 0.29) is 15.6 Å². The summed E-state index contributed by atoms with van der Waals surface area (Å²) in [5, 5.41) is 0.0905. The van der Waals surface area contributed by atoms with Crippen LogP contribution in [0.4, 0.5) is 10.5 Å². The van der Waals surface area contributed by atoms with Crippen molar-refractivity contribution in [1.82, 2.24) is 4.72 Å². The van der Waals surface area contributed by atoms with Gasteiger partial charge in [0.1, 0.15) is 0 Å². The van der Waals surface area contributed by atoms with Crippen LogP contribution in [0.5, 0.6) is 0 Å². The zero-order chi connectivity index (χ0) is 12.3. The van der Waals surface area contributed by atoms with Crippen molar-refractivity contribution in [3.63, 3.8) is 0 Å². The van der Waals surface area contributed by atoms with Crippen LogP contribution in [0.25, 0.3) is 0 Å². The Morgan fingerprint density at radius 3 is 2.62 bits per heavy atom. The molecule has 0 bridgehead atoms. The van der Waals surface area contributed by atoms with Crippen LogP contribution in [0.2, 0.25) is 5.02 Å². The molecule has 0 unspecified atom stereocenters. The molecule has 6 nitrogen and oxygen atoms in total. The molecule has 0 aliphatic heterocycles. The maximum absolute atomic E-state index is 11.6. The summed E-state index contributed by atoms with van der Waals surface area (Å²) in [6.07, 6.45) is -1.08. The fourth-order valence-electron chi connectivity index (χ4n) is 0.885. The number of anilines is 1. The summed E-state index contributed by atoms with van der Waals surface area (Å²) >= 11 is 5.66. The van der Waals surface area contributed by atoms with Gasteiger partial charge in [0.05, 0.1) is 22.7 Å². The lowest BCUT2D eigenvalue weighted by Gasteiger charge is -2.06. The molecule has 16 heavy (non-hydrogen) atoms. The molecule has 0 aromatic heterocycles. The van der Waals surface area contributed by atoms with Crippen LogP contribution in [-0.2, 0) is 14.8 Å². The van der Waals surface area contributed by atoms with Crippen molar-refractivity contribution in [3.8, 4) is 0 Å². The number of hydrogen-bond acceptors (Lipinski definition) is 5. The first kappa shape index (κ1) is 12.6. The first-order chi connectivity index (χ1) is 7.36. The predicted molar refractivity (Wildman–Crippen MR) is 58.6 cm³/mol. The zero-order valence-electron chi connectivity index (χ0n) is 8.23. The SMILES string of the molecule is COC(=O)NS(=O)(=O)c1ccc(N)c(Cl)c1. The standard InChI is InChI=1S/C8H9ClN2O4S/c1-15-8(12)11-16(13,14)5-2-3-7(10)6(9)4-5/h2-4H,10H2,1H3,(H,11,12). The number of nitrogen functional groups attached to an aromatic ring is 1. The van der Waals surface area contributed by atoms with Crippen molar-refractivity contribution in [1.29, 1.82) is 0 Å². The van der Waals surface area contributed by atoms with Crippen LogP contribution >= 0.6 is 11.6 Å². The second-order valence-electron chi connectivity index (χ2n) is 2.78. The van der Waals surface area contributed by atoms with Gasteiger partial charge in [0.15, 0.2) is 0 Å². The zero-order valence-corrected chi connectivity index (χ0v) is 9.80. The molecule has 1 amide bonds. The minimum absolute atomic E-state index is 0.0905. The number of hydrogen-bond donors (Lipinski definition) is 2. The van der Waals surface area contributed by atoms with Crippen LogP contribution in [0.15, 0.2) is 23.1 Å². The first-order valence-corrected chi connectivity index (χ1v) is 5.88. The Balaban J connectivity index is 3.08. The molecule has 88 valence electrons. The summed E-state index contributed by atoms with van der Waals surface area (Å²) in [5.41, 5.74) is 5.67. The van der Waals surface area contributed by atoms with Gasteiger partial charge in [-0.15, -0.1) is 0 Å². The Morgan fingerprint density at radius 1 is 1.50 bits per heavy atom. The molecule has 0 fully saturated rings. The molecule has 0 heterocycles. The number of halogens is 1. The van der Waals surface area contributed by atoms with Crippen molar-refractivity contribution >= 4 is 33.4 Å². The van der Waals surface area contributed by atoms with Crippen LogP contribution in [0, 0.1) is 0 Å². The van der Waals surface area contributed by atoms with Gasteiger partial charge < -0.3 is 10.5 Å². The molecule has 1 aromatic carbocycles. The van der Waals surface area contributed by atoms with E-state index in [2.05, 4.69) is 4.74 Å². The molecular weight excluding hydrogens is 256 g/mol. The molecule has 0 saturated heterocycles. The number of methoxy groups -OCH3 is 1. The Bertz CT molecular complexity index is 515. The summed E-state index contributed by atoms with van der Waals surface area (Å²) in [5.74, 6) is 0. The van der Waals surface area contributed by atoms with Crippen molar-refractivity contribution < 1.29 is 17.9 Å². The average Bonchev–Trinajstić information content (AvgIpc) is 2.21. The Hall–Kier alpha value is -1.47. The average molecular weight is 265 g/mol. The largest absolute Gasteiger partial charge is 0.452 e. The normalized spacial score (nSPS) is 10.9. The van der Waals surface area contributed by atoms with Gasteiger partial charge in [-0.1, -0.05) is 11.6 Å². The third-order valence-corrected chi connectivity index (χ3v) is 3.32. The molecule has 0 saturated carbocycles. The Kier molecular flexibility index (Phi) is 3.61. The van der Waals surface area contributed by atoms with Gasteiger partial charge in [0.2, 0.25) is 0 Å². The van der Waals surface area contributed by atoms with E-state index in [0.29, 0.717) is 0 Å². The van der Waals surface area contributed by atoms with E-state index in [1.54, 1.807) is 4.72 Å². The van der Waals surface area contributed by atoms with Crippen molar-refractivity contribution in [2.45, 2.75) is 4.90 Å². The lowest BCUT2D eigenvalue weighted by atomic mass is 10.3. The number of carbonyl (C=O) groups is 1. The van der Waals surface area contributed by atoms with Crippen molar-refractivity contribution in [3.05, 3.63) is 23.2 Å². The minimum atomic E-state index is -3.98. The van der Waals surface area contributed by atoms with Crippen LogP contribution in [-0.4, -0.2) is 21.6 Å². The summed E-state index contributed by atoms with van der Waals surface area (Å²) in [6, 6.07) is 3.70. The van der Waals surface area contributed by atoms with E-state index in [9.17, 15) is 13.2 Å². The van der Waals surface area contributed by atoms with Gasteiger partial charge in [0, 0.05) is 0 Å². The summed E-state index contributed by atoms with van der Waals surface area (Å²) < 4.78 is 29.0. The van der Waals surface area contributed by atoms with Crippen LogP contribution < -0.4 is 10.5 Å². The van der Waals surface area contributed by atoms with Gasteiger partial charge in [-0.05, 0) is 18.2 Å². The van der Waals surface area contributed by atoms with Gasteiger partial charge in [0.25, 0.3) is 10.0 Å². The Labute approximate surface area is 97.4 Å². The fraction of sp³-hybridized carbons (Fsp3) is 0.125. The number of carbonyl (C=O) groups excluding carboxylic acids is 1. The predicted octanol–water partition coefficient (Wildman–Crippen LogP) is 0.967. The van der Waals surface area contributed by atoms with E-state index in [4.69, 9.17) is 17.3 Å².